The quantitative estimate of drug-likeness (QED) is 0.545. The Kier molecular flexibility index (Phi) is 6.25. The molecular weight excluding hydrogens is 382 g/mol. The topological polar surface area (TPSA) is 140 Å². The first-order valence-electron chi connectivity index (χ1n) is 8.98. The van der Waals surface area contributed by atoms with Crippen molar-refractivity contribution in [3.63, 3.8) is 0 Å². The number of aliphatic hydroxyl groups excluding tert-OH is 1. The van der Waals surface area contributed by atoms with Gasteiger partial charge in [-0.3, -0.25) is 23.9 Å². The Hall–Kier alpha value is -3.24. The first-order valence-corrected chi connectivity index (χ1v) is 8.98. The maximum Gasteiger partial charge on any atom is 0.330 e. The molecule has 0 spiro atoms. The average molecular weight is 403 g/mol. The van der Waals surface area contributed by atoms with Crippen LogP contribution in [-0.2, 0) is 25.7 Å². The van der Waals surface area contributed by atoms with Crippen LogP contribution in [0.1, 0.15) is 23.8 Å². The van der Waals surface area contributed by atoms with Crippen molar-refractivity contribution < 1.29 is 24.2 Å². The number of aromatic amines is 1. The summed E-state index contributed by atoms with van der Waals surface area (Å²) < 4.78 is 11.7. The molecule has 3 atom stereocenters. The highest BCUT2D eigenvalue weighted by molar-refractivity contribution is 5.85. The second-order valence-electron chi connectivity index (χ2n) is 6.66. The monoisotopic (exact) mass is 403 g/mol. The van der Waals surface area contributed by atoms with Gasteiger partial charge in [-0.15, -0.1) is 0 Å². The Balaban J connectivity index is 1.53. The maximum absolute atomic E-state index is 12.3. The normalized spacial score (nSPS) is 21.0. The molecule has 10 nitrogen and oxygen atoms in total. The first kappa shape index (κ1) is 20.5. The van der Waals surface area contributed by atoms with Gasteiger partial charge < -0.3 is 19.9 Å². The van der Waals surface area contributed by atoms with Gasteiger partial charge in [0.25, 0.3) is 11.5 Å². The second-order valence-corrected chi connectivity index (χ2v) is 6.66. The van der Waals surface area contributed by atoms with Crippen molar-refractivity contribution in [3.05, 3.63) is 68.5 Å². The molecule has 10 heteroatoms. The number of ether oxygens (including phenoxy) is 2. The van der Waals surface area contributed by atoms with Gasteiger partial charge in [0, 0.05) is 18.2 Å². The summed E-state index contributed by atoms with van der Waals surface area (Å²) in [5.41, 5.74) is -0.126. The molecule has 3 unspecified atom stereocenters. The highest BCUT2D eigenvalue weighted by atomic mass is 16.5. The molecule has 2 heterocycles. The smallest absolute Gasteiger partial charge is 0.330 e. The van der Waals surface area contributed by atoms with Crippen LogP contribution >= 0.6 is 0 Å². The highest BCUT2D eigenvalue weighted by Gasteiger charge is 2.40. The summed E-state index contributed by atoms with van der Waals surface area (Å²) in [4.78, 5) is 49.6. The Morgan fingerprint density at radius 3 is 2.76 bits per heavy atom. The number of aliphatic hydroxyl groups is 1. The third kappa shape index (κ3) is 4.98. The number of carbonyl (C=O) groups is 2. The predicted octanol–water partition coefficient (Wildman–Crippen LogP) is -0.647. The van der Waals surface area contributed by atoms with E-state index < -0.39 is 41.6 Å². The predicted molar refractivity (Wildman–Crippen MR) is 99.8 cm³/mol. The minimum atomic E-state index is -1.26. The Morgan fingerprint density at radius 2 is 2.03 bits per heavy atom. The minimum absolute atomic E-state index is 0.0259. The molecule has 3 rings (SSSR count). The Morgan fingerprint density at radius 1 is 1.31 bits per heavy atom. The van der Waals surface area contributed by atoms with E-state index in [9.17, 15) is 24.3 Å². The fourth-order valence-electron chi connectivity index (χ4n) is 2.91. The number of hydrogen-bond acceptors (Lipinski definition) is 7. The van der Waals surface area contributed by atoms with Crippen molar-refractivity contribution in [2.24, 2.45) is 0 Å². The molecule has 3 N–H and O–H groups in total. The van der Waals surface area contributed by atoms with E-state index in [4.69, 9.17) is 9.47 Å². The summed E-state index contributed by atoms with van der Waals surface area (Å²) >= 11 is 0. The zero-order chi connectivity index (χ0) is 21.0. The van der Waals surface area contributed by atoms with Gasteiger partial charge in [-0.05, 0) is 12.5 Å². The number of benzene rings is 1. The number of nitrogens with one attached hydrogen (secondary N) is 2. The van der Waals surface area contributed by atoms with Gasteiger partial charge in [-0.25, -0.2) is 4.79 Å². The molecule has 0 radical (unpaired) electrons. The van der Waals surface area contributed by atoms with Crippen molar-refractivity contribution in [2.45, 2.75) is 38.4 Å². The third-order valence-electron chi connectivity index (χ3n) is 4.46. The zero-order valence-electron chi connectivity index (χ0n) is 15.7. The van der Waals surface area contributed by atoms with Crippen LogP contribution in [0.2, 0.25) is 0 Å². The van der Waals surface area contributed by atoms with Crippen molar-refractivity contribution >= 4 is 11.9 Å². The summed E-state index contributed by atoms with van der Waals surface area (Å²) in [5, 5.41) is 12.5. The van der Waals surface area contributed by atoms with Gasteiger partial charge in [0.15, 0.2) is 6.10 Å². The van der Waals surface area contributed by atoms with Gasteiger partial charge >= 0.3 is 11.7 Å². The van der Waals surface area contributed by atoms with E-state index in [1.54, 1.807) is 12.1 Å². The van der Waals surface area contributed by atoms with Gasteiger partial charge in [-0.2, -0.15) is 0 Å². The standard InChI is InChI=1S/C19H21N3O7/c1-11-9-22(19(27)21-17(11)25)14-7-13(23)16(29-14)18(26)20-8-15(24)28-10-12-5-3-2-4-6-12/h2-6,9,13-14,16,23H,7-8,10H2,1H3,(H,20,26)(H,21,25,27). The summed E-state index contributed by atoms with van der Waals surface area (Å²) in [6, 6.07) is 9.07. The van der Waals surface area contributed by atoms with Crippen molar-refractivity contribution in [1.82, 2.24) is 14.9 Å². The lowest BCUT2D eigenvalue weighted by atomic mass is 10.1. The van der Waals surface area contributed by atoms with Gasteiger partial charge in [0.2, 0.25) is 0 Å². The molecule has 29 heavy (non-hydrogen) atoms. The number of rotatable bonds is 6. The maximum atomic E-state index is 12.3. The van der Waals surface area contributed by atoms with E-state index in [0.717, 1.165) is 10.1 Å². The fourth-order valence-corrected chi connectivity index (χ4v) is 2.91. The van der Waals surface area contributed by atoms with Gasteiger partial charge in [0.05, 0.1) is 6.10 Å². The number of carbonyl (C=O) groups excluding carboxylic acids is 2. The number of amides is 1. The van der Waals surface area contributed by atoms with Crippen LogP contribution in [0.5, 0.6) is 0 Å². The molecule has 1 aromatic carbocycles. The van der Waals surface area contributed by atoms with Crippen LogP contribution < -0.4 is 16.6 Å². The lowest BCUT2D eigenvalue weighted by Gasteiger charge is -2.16. The molecule has 2 aromatic rings. The Bertz CT molecular complexity index is 999. The second kappa shape index (κ2) is 8.84. The molecule has 1 saturated heterocycles. The van der Waals surface area contributed by atoms with E-state index in [-0.39, 0.29) is 25.1 Å². The molecule has 1 aromatic heterocycles. The number of aromatic nitrogens is 2. The highest BCUT2D eigenvalue weighted by Crippen LogP contribution is 2.27. The number of esters is 1. The average Bonchev–Trinajstić information content (AvgIpc) is 3.09. The summed E-state index contributed by atoms with van der Waals surface area (Å²) in [7, 11) is 0. The molecule has 1 amide bonds. The van der Waals surface area contributed by atoms with Crippen molar-refractivity contribution in [1.29, 1.82) is 0 Å². The lowest BCUT2D eigenvalue weighted by molar-refractivity contribution is -0.147. The van der Waals surface area contributed by atoms with Crippen LogP contribution in [0.3, 0.4) is 0 Å². The molecular formula is C19H21N3O7. The number of aryl methyl sites for hydroxylation is 1. The van der Waals surface area contributed by atoms with E-state index >= 15 is 0 Å². The fraction of sp³-hybridized carbons (Fsp3) is 0.368. The van der Waals surface area contributed by atoms with Gasteiger partial charge in [0.1, 0.15) is 19.4 Å². The summed E-state index contributed by atoms with van der Waals surface area (Å²) in [5.74, 6) is -1.34. The van der Waals surface area contributed by atoms with Gasteiger partial charge in [-0.1, -0.05) is 30.3 Å². The largest absolute Gasteiger partial charge is 0.460 e. The Labute approximate surface area is 165 Å². The summed E-state index contributed by atoms with van der Waals surface area (Å²) in [6.45, 7) is 1.21. The molecule has 1 aliphatic rings. The number of H-pyrrole nitrogens is 1. The number of hydrogen-bond donors (Lipinski definition) is 3. The molecule has 1 fully saturated rings. The van der Waals surface area contributed by atoms with E-state index in [1.165, 1.54) is 13.1 Å². The van der Waals surface area contributed by atoms with E-state index in [1.807, 2.05) is 18.2 Å². The molecule has 0 aliphatic carbocycles. The van der Waals surface area contributed by atoms with Crippen LogP contribution in [-0.4, -0.2) is 45.3 Å². The molecule has 0 bridgehead atoms. The van der Waals surface area contributed by atoms with Crippen molar-refractivity contribution in [2.75, 3.05) is 6.54 Å². The van der Waals surface area contributed by atoms with Crippen LogP contribution in [0.15, 0.2) is 46.1 Å². The molecule has 0 saturated carbocycles. The van der Waals surface area contributed by atoms with Crippen molar-refractivity contribution in [3.8, 4) is 0 Å². The van der Waals surface area contributed by atoms with Crippen LogP contribution in [0.4, 0.5) is 0 Å². The van der Waals surface area contributed by atoms with Crippen LogP contribution in [0.25, 0.3) is 0 Å². The molecule has 154 valence electrons. The minimum Gasteiger partial charge on any atom is -0.460 e. The zero-order valence-corrected chi connectivity index (χ0v) is 15.7. The number of nitrogens with zero attached hydrogens (tertiary/aromatic N) is 1. The van der Waals surface area contributed by atoms with Crippen LogP contribution in [0, 0.1) is 6.92 Å². The first-order chi connectivity index (χ1) is 13.8. The lowest BCUT2D eigenvalue weighted by Crippen LogP contribution is -2.42. The SMILES string of the molecule is Cc1cn(C2CC(O)C(C(=O)NCC(=O)OCc3ccccc3)O2)c(=O)[nH]c1=O. The molecule has 1 aliphatic heterocycles. The third-order valence-corrected chi connectivity index (χ3v) is 4.46. The summed E-state index contributed by atoms with van der Waals surface area (Å²) in [6.07, 6.45) is -2.09. The van der Waals surface area contributed by atoms with E-state index in [0.29, 0.717) is 0 Å². The van der Waals surface area contributed by atoms with E-state index in [2.05, 4.69) is 10.3 Å².